The van der Waals surface area contributed by atoms with Gasteiger partial charge in [-0.3, -0.25) is 5.04 Å². The summed E-state index contributed by atoms with van der Waals surface area (Å²) in [5.41, 5.74) is 0. The lowest BCUT2D eigenvalue weighted by molar-refractivity contribution is -0.777. The third kappa shape index (κ3) is 6.10. The molecule has 0 radical (unpaired) electrons. The van der Waals surface area contributed by atoms with Crippen molar-refractivity contribution in [1.29, 1.82) is 0 Å². The number of benzene rings is 3. The number of rotatable bonds is 8. The lowest BCUT2D eigenvalue weighted by atomic mass is 10.3. The molecule has 0 aliphatic rings. The zero-order chi connectivity index (χ0) is 22.6. The Balaban J connectivity index is 2.21. The van der Waals surface area contributed by atoms with E-state index < -0.39 is 37.9 Å². The van der Waals surface area contributed by atoms with Gasteiger partial charge < -0.3 is 14.4 Å². The van der Waals surface area contributed by atoms with Crippen LogP contribution in [0.25, 0.3) is 0 Å². The smallest absolute Gasteiger partial charge is 0.124 e. The molecule has 0 heterocycles. The Labute approximate surface area is 184 Å². The van der Waals surface area contributed by atoms with Crippen molar-refractivity contribution in [2.24, 2.45) is 0 Å². The average Bonchev–Trinajstić information content (AvgIpc) is 2.72. The van der Waals surface area contributed by atoms with Gasteiger partial charge in [0.2, 0.25) is 0 Å². The Hall–Kier alpha value is -1.86. The summed E-state index contributed by atoms with van der Waals surface area (Å²) in [7, 11) is -11.1. The van der Waals surface area contributed by atoms with Crippen LogP contribution in [0.3, 0.4) is 0 Å². The fourth-order valence-corrected chi connectivity index (χ4v) is 6.85. The molecule has 3 aromatic carbocycles. The maximum atomic E-state index is 11.5. The van der Waals surface area contributed by atoms with E-state index in [0.29, 0.717) is 32.9 Å². The first kappa shape index (κ1) is 23.8. The molecule has 0 aliphatic heterocycles. The van der Waals surface area contributed by atoms with Crippen molar-refractivity contribution < 1.29 is 40.6 Å². The van der Waals surface area contributed by atoms with Gasteiger partial charge >= 0.3 is 0 Å². The van der Waals surface area contributed by atoms with Crippen molar-refractivity contribution in [3.8, 4) is 0 Å². The van der Waals surface area contributed by atoms with Crippen molar-refractivity contribution in [2.45, 2.75) is 14.7 Å². The highest BCUT2D eigenvalue weighted by Gasteiger charge is 2.20. The van der Waals surface area contributed by atoms with Gasteiger partial charge in [0.1, 0.15) is 20.2 Å². The lowest BCUT2D eigenvalue weighted by Crippen LogP contribution is -2.22. The molecule has 0 amide bonds. The lowest BCUT2D eigenvalue weighted by Gasteiger charge is -2.22. The third-order valence-electron chi connectivity index (χ3n) is 3.96. The molecule has 0 saturated carbocycles. The summed E-state index contributed by atoms with van der Waals surface area (Å²) in [6, 6.07) is 17.3. The molecule has 31 heavy (non-hydrogen) atoms. The third-order valence-corrected chi connectivity index (χ3v) is 8.58. The van der Waals surface area contributed by atoms with Crippen molar-refractivity contribution in [3.05, 3.63) is 72.8 Å². The minimum absolute atomic E-state index is 0.426. The van der Waals surface area contributed by atoms with Gasteiger partial charge in [0.25, 0.3) is 0 Å². The number of hydrogen-bond acceptors (Lipinski definition) is 10. The zero-order valence-electron chi connectivity index (χ0n) is 15.3. The van der Waals surface area contributed by atoms with Crippen LogP contribution in [-0.4, -0.2) is 25.9 Å². The molecule has 0 N–H and O–H groups in total. The Morgan fingerprint density at radius 3 is 1.61 bits per heavy atom. The second-order valence-corrected chi connectivity index (χ2v) is 11.7. The van der Waals surface area contributed by atoms with E-state index in [1.54, 1.807) is 36.4 Å². The summed E-state index contributed by atoms with van der Waals surface area (Å²) >= 11 is 0.641. The predicted molar refractivity (Wildman–Crippen MR) is 109 cm³/mol. The predicted octanol–water partition coefficient (Wildman–Crippen LogP) is 0.484. The van der Waals surface area contributed by atoms with Gasteiger partial charge in [-0.1, -0.05) is 36.4 Å². The molecule has 0 aliphatic carbocycles. The van der Waals surface area contributed by atoms with E-state index in [9.17, 15) is 31.2 Å². The van der Waals surface area contributed by atoms with E-state index in [1.807, 2.05) is 0 Å². The normalized spacial score (nSPS) is 12.3. The van der Waals surface area contributed by atoms with Crippen LogP contribution in [-0.2, 0) is 29.6 Å². The van der Waals surface area contributed by atoms with Crippen molar-refractivity contribution in [2.75, 3.05) is 0 Å². The summed E-state index contributed by atoms with van der Waals surface area (Å²) in [4.78, 5) is -0.418. The fourth-order valence-electron chi connectivity index (χ4n) is 2.73. The summed E-state index contributed by atoms with van der Waals surface area (Å²) in [5.74, 6) is 0. The van der Waals surface area contributed by atoms with Gasteiger partial charge in [-0.05, 0) is 60.2 Å². The Bertz CT molecular complexity index is 1220. The molecule has 164 valence electrons. The largest absolute Gasteiger partial charge is 0.744 e. The molecule has 0 fully saturated rings. The van der Waals surface area contributed by atoms with Crippen molar-refractivity contribution in [1.82, 2.24) is 0 Å². The first-order valence-electron chi connectivity index (χ1n) is 8.25. The van der Waals surface area contributed by atoms with E-state index in [-0.39, 0.29) is 0 Å². The van der Waals surface area contributed by atoms with Crippen molar-refractivity contribution >= 4 is 56.1 Å². The summed E-state index contributed by atoms with van der Waals surface area (Å²) in [6.07, 6.45) is 0. The van der Waals surface area contributed by atoms with Crippen LogP contribution in [0.1, 0.15) is 0 Å². The van der Waals surface area contributed by atoms with Gasteiger partial charge in [-0.2, -0.15) is 4.33 Å². The van der Waals surface area contributed by atoms with Gasteiger partial charge in [0.15, 0.2) is 0 Å². The first-order valence-corrected chi connectivity index (χ1v) is 13.1. The monoisotopic (exact) mass is 499 g/mol. The highest BCUT2D eigenvalue weighted by Crippen LogP contribution is 2.35. The Morgan fingerprint density at radius 1 is 0.710 bits per heavy atom. The minimum Gasteiger partial charge on any atom is -0.744 e. The second kappa shape index (κ2) is 9.74. The quantitative estimate of drug-likeness (QED) is 0.140. The maximum absolute atomic E-state index is 11.5. The van der Waals surface area contributed by atoms with E-state index in [4.69, 9.17) is 0 Å². The fraction of sp³-hybridized carbons (Fsp3) is 0. The molecule has 0 saturated heterocycles. The highest BCUT2D eigenvalue weighted by molar-refractivity contribution is 7.94. The standard InChI is InChI=1S/C18H15O9PS3/c19-26-27-29-16-7-1-4-13(10-16)28(14-5-2-8-17(11-14)30(20,21)22)15-6-3-9-18(12-15)31(23,24)25/h1-12,19H,(H,20,21,22)(H,23,24,25)/p-3. The second-order valence-electron chi connectivity index (χ2n) is 5.96. The average molecular weight is 499 g/mol. The van der Waals surface area contributed by atoms with Crippen LogP contribution in [0.4, 0.5) is 0 Å². The molecule has 0 bridgehead atoms. The topological polar surface area (TPSA) is 156 Å². The molecule has 9 nitrogen and oxygen atoms in total. The van der Waals surface area contributed by atoms with Crippen LogP contribution in [0.5, 0.6) is 0 Å². The van der Waals surface area contributed by atoms with E-state index in [1.165, 1.54) is 24.3 Å². The molecule has 13 heteroatoms. The maximum Gasteiger partial charge on any atom is 0.124 e. The SMILES string of the molecule is O=S(=O)([O-])c1cccc(P(c2cccc(SOO[O-])c2)c2cccc(S(=O)(=O)[O-])c2)c1. The highest BCUT2D eigenvalue weighted by atomic mass is 32.2. The van der Waals surface area contributed by atoms with Gasteiger partial charge in [-0.15, -0.1) is 0 Å². The summed E-state index contributed by atoms with van der Waals surface area (Å²) in [5, 5.41) is 14.9. The van der Waals surface area contributed by atoms with Crippen LogP contribution < -0.4 is 21.2 Å². The molecular formula is C18H12O9PS3-3. The van der Waals surface area contributed by atoms with Gasteiger partial charge in [-0.25, -0.2) is 16.8 Å². The molecule has 0 unspecified atom stereocenters. The molecule has 0 atom stereocenters. The van der Waals surface area contributed by atoms with Crippen LogP contribution >= 0.6 is 20.0 Å². The van der Waals surface area contributed by atoms with Crippen LogP contribution in [0.2, 0.25) is 0 Å². The summed E-state index contributed by atoms with van der Waals surface area (Å²) in [6.45, 7) is 0. The molecule has 0 aromatic heterocycles. The molecule has 0 spiro atoms. The zero-order valence-corrected chi connectivity index (χ0v) is 18.6. The van der Waals surface area contributed by atoms with E-state index >= 15 is 0 Å². The Kier molecular flexibility index (Phi) is 7.47. The van der Waals surface area contributed by atoms with Crippen LogP contribution in [0.15, 0.2) is 87.5 Å². The Morgan fingerprint density at radius 2 is 1.16 bits per heavy atom. The van der Waals surface area contributed by atoms with E-state index in [2.05, 4.69) is 9.37 Å². The van der Waals surface area contributed by atoms with Crippen molar-refractivity contribution in [3.63, 3.8) is 0 Å². The van der Waals surface area contributed by atoms with Gasteiger partial charge in [0, 0.05) is 4.90 Å². The minimum atomic E-state index is -4.74. The van der Waals surface area contributed by atoms with Crippen LogP contribution in [0, 0.1) is 0 Å². The van der Waals surface area contributed by atoms with Gasteiger partial charge in [0.05, 0.1) is 21.8 Å². The van der Waals surface area contributed by atoms with E-state index in [0.717, 1.165) is 12.1 Å². The first-order chi connectivity index (χ1) is 14.6. The molecular weight excluding hydrogens is 487 g/mol. The number of hydrogen-bond donors (Lipinski definition) is 0. The summed E-state index contributed by atoms with van der Waals surface area (Å²) < 4.78 is 73.4. The molecule has 3 rings (SSSR count). The molecule has 3 aromatic rings.